The third-order valence-corrected chi connectivity index (χ3v) is 4.92. The Balaban J connectivity index is 1.81. The largest absolute Gasteiger partial charge is 0.497 e. The minimum Gasteiger partial charge on any atom is -0.497 e. The van der Waals surface area contributed by atoms with Gasteiger partial charge in [0.2, 0.25) is 0 Å². The lowest BCUT2D eigenvalue weighted by atomic mass is 10.1. The van der Waals surface area contributed by atoms with Crippen molar-refractivity contribution < 1.29 is 14.6 Å². The number of pyridine rings is 2. The Kier molecular flexibility index (Phi) is 3.80. The van der Waals surface area contributed by atoms with Crippen molar-refractivity contribution in [3.8, 4) is 5.75 Å². The van der Waals surface area contributed by atoms with E-state index in [1.54, 1.807) is 37.7 Å². The molecule has 0 radical (unpaired) electrons. The first kappa shape index (κ1) is 17.0. The van der Waals surface area contributed by atoms with Gasteiger partial charge in [0.25, 0.3) is 0 Å². The fourth-order valence-corrected chi connectivity index (χ4v) is 3.56. The number of aromatic nitrogens is 3. The highest BCUT2D eigenvalue weighted by atomic mass is 16.5. The third kappa shape index (κ3) is 2.80. The summed E-state index contributed by atoms with van der Waals surface area (Å²) in [7, 11) is 1.61. The molecule has 5 aromatic rings. The zero-order chi connectivity index (χ0) is 20.0. The lowest BCUT2D eigenvalue weighted by Crippen LogP contribution is -1.99. The molecule has 0 bridgehead atoms. The molecule has 3 heterocycles. The summed E-state index contributed by atoms with van der Waals surface area (Å²) in [5, 5.41) is 15.5. The number of carboxylic acids is 1. The highest BCUT2D eigenvalue weighted by molar-refractivity contribution is 6.22. The summed E-state index contributed by atoms with van der Waals surface area (Å²) in [6.45, 7) is 0. The zero-order valence-corrected chi connectivity index (χ0v) is 15.4. The summed E-state index contributed by atoms with van der Waals surface area (Å²) in [5.74, 6) is 0.331. The number of H-pyrrole nitrogens is 1. The van der Waals surface area contributed by atoms with Crippen molar-refractivity contribution in [3.63, 3.8) is 0 Å². The average Bonchev–Trinajstić information content (AvgIpc) is 3.14. The molecule has 7 heteroatoms. The molecule has 0 atom stereocenters. The van der Waals surface area contributed by atoms with Crippen LogP contribution in [0, 0.1) is 0 Å². The van der Waals surface area contributed by atoms with Crippen molar-refractivity contribution in [2.45, 2.75) is 0 Å². The molecule has 0 saturated heterocycles. The van der Waals surface area contributed by atoms with Crippen molar-refractivity contribution >= 4 is 50.2 Å². The molecule has 0 saturated carbocycles. The number of aromatic carboxylic acids is 1. The molecule has 7 nitrogen and oxygen atoms in total. The second-order valence-corrected chi connectivity index (χ2v) is 6.65. The molecule has 0 aliphatic rings. The number of rotatable bonds is 4. The Morgan fingerprint density at radius 1 is 1.14 bits per heavy atom. The molecule has 0 aliphatic carbocycles. The maximum Gasteiger partial charge on any atom is 0.335 e. The number of fused-ring (bicyclic) bond motifs is 5. The summed E-state index contributed by atoms with van der Waals surface area (Å²) >= 11 is 0. The maximum absolute atomic E-state index is 11.4. The molecule has 2 aromatic carbocycles. The Morgan fingerprint density at radius 2 is 2.03 bits per heavy atom. The Hall–Kier alpha value is -4.13. The van der Waals surface area contributed by atoms with Gasteiger partial charge in [0.05, 0.1) is 23.7 Å². The summed E-state index contributed by atoms with van der Waals surface area (Å²) in [6.07, 6.45) is 3.53. The van der Waals surface area contributed by atoms with Crippen LogP contribution in [0.25, 0.3) is 32.7 Å². The molecule has 0 fully saturated rings. The fourth-order valence-electron chi connectivity index (χ4n) is 3.56. The number of benzene rings is 2. The van der Waals surface area contributed by atoms with Gasteiger partial charge < -0.3 is 20.1 Å². The summed E-state index contributed by atoms with van der Waals surface area (Å²) in [5.41, 5.74) is 3.34. The second kappa shape index (κ2) is 6.49. The predicted molar refractivity (Wildman–Crippen MR) is 112 cm³/mol. The van der Waals surface area contributed by atoms with Crippen molar-refractivity contribution in [2.24, 2.45) is 0 Å². The molecular formula is C22H16N4O3. The summed E-state index contributed by atoms with van der Waals surface area (Å²) in [4.78, 5) is 23.8. The molecule has 5 rings (SSSR count). The summed E-state index contributed by atoms with van der Waals surface area (Å²) < 4.78 is 5.30. The first-order valence-corrected chi connectivity index (χ1v) is 8.97. The van der Waals surface area contributed by atoms with Crippen LogP contribution in [0.5, 0.6) is 5.75 Å². The van der Waals surface area contributed by atoms with Crippen LogP contribution >= 0.6 is 0 Å². The van der Waals surface area contributed by atoms with Gasteiger partial charge in [-0.3, -0.25) is 4.98 Å². The highest BCUT2D eigenvalue weighted by Crippen LogP contribution is 2.36. The van der Waals surface area contributed by atoms with Crippen molar-refractivity contribution in [3.05, 3.63) is 66.5 Å². The monoisotopic (exact) mass is 384 g/mol. The van der Waals surface area contributed by atoms with E-state index in [9.17, 15) is 9.90 Å². The maximum atomic E-state index is 11.4. The molecular weight excluding hydrogens is 368 g/mol. The zero-order valence-electron chi connectivity index (χ0n) is 15.4. The van der Waals surface area contributed by atoms with Gasteiger partial charge in [-0.2, -0.15) is 0 Å². The van der Waals surface area contributed by atoms with E-state index in [2.05, 4.69) is 15.3 Å². The van der Waals surface area contributed by atoms with Gasteiger partial charge in [0.1, 0.15) is 5.75 Å². The Bertz CT molecular complexity index is 1410. The molecule has 0 unspecified atom stereocenters. The van der Waals surface area contributed by atoms with E-state index in [1.807, 2.05) is 30.3 Å². The van der Waals surface area contributed by atoms with E-state index in [-0.39, 0.29) is 5.56 Å². The normalized spacial score (nSPS) is 11.2. The van der Waals surface area contributed by atoms with E-state index in [0.717, 1.165) is 38.6 Å². The van der Waals surface area contributed by atoms with Crippen molar-refractivity contribution in [2.75, 3.05) is 12.4 Å². The number of hydrogen-bond donors (Lipinski definition) is 3. The van der Waals surface area contributed by atoms with Crippen LogP contribution in [-0.4, -0.2) is 33.1 Å². The van der Waals surface area contributed by atoms with E-state index < -0.39 is 5.97 Å². The number of anilines is 2. The molecule has 3 aromatic heterocycles. The fraction of sp³-hybridized carbons (Fsp3) is 0.0455. The first-order chi connectivity index (χ1) is 14.1. The Labute approximate surface area is 165 Å². The molecule has 0 amide bonds. The number of nitrogens with zero attached hydrogens (tertiary/aromatic N) is 2. The van der Waals surface area contributed by atoms with Crippen LogP contribution < -0.4 is 10.1 Å². The van der Waals surface area contributed by atoms with Gasteiger partial charge in [0.15, 0.2) is 5.82 Å². The van der Waals surface area contributed by atoms with Crippen LogP contribution in [0.2, 0.25) is 0 Å². The molecule has 142 valence electrons. The van der Waals surface area contributed by atoms with Crippen LogP contribution in [0.1, 0.15) is 10.4 Å². The molecule has 0 aliphatic heterocycles. The minimum atomic E-state index is -0.989. The lowest BCUT2D eigenvalue weighted by Gasteiger charge is -2.11. The number of nitrogens with one attached hydrogen (secondary N) is 2. The molecule has 29 heavy (non-hydrogen) atoms. The average molecular weight is 384 g/mol. The van der Waals surface area contributed by atoms with Gasteiger partial charge >= 0.3 is 5.97 Å². The number of methoxy groups -OCH3 is 1. The van der Waals surface area contributed by atoms with E-state index in [1.165, 1.54) is 0 Å². The minimum absolute atomic E-state index is 0.189. The molecule has 3 N–H and O–H groups in total. The number of aromatic amines is 1. The van der Waals surface area contributed by atoms with Crippen molar-refractivity contribution in [1.82, 2.24) is 15.0 Å². The van der Waals surface area contributed by atoms with Crippen LogP contribution in [0.3, 0.4) is 0 Å². The topological polar surface area (TPSA) is 100 Å². The quantitative estimate of drug-likeness (QED) is 0.415. The SMILES string of the molecule is COc1cccc(Nc2nc3cc(C(=O)O)ccc3c3c2[nH]c2ccncc23)c1. The van der Waals surface area contributed by atoms with Crippen LogP contribution in [-0.2, 0) is 0 Å². The molecule has 0 spiro atoms. The van der Waals surface area contributed by atoms with E-state index in [0.29, 0.717) is 11.3 Å². The van der Waals surface area contributed by atoms with Crippen molar-refractivity contribution in [1.29, 1.82) is 0 Å². The van der Waals surface area contributed by atoms with Gasteiger partial charge in [-0.15, -0.1) is 0 Å². The van der Waals surface area contributed by atoms with Crippen LogP contribution in [0.15, 0.2) is 60.9 Å². The van der Waals surface area contributed by atoms with Gasteiger partial charge in [0, 0.05) is 45.8 Å². The first-order valence-electron chi connectivity index (χ1n) is 8.97. The van der Waals surface area contributed by atoms with Gasteiger partial charge in [-0.1, -0.05) is 12.1 Å². The standard InChI is InChI=1S/C22H16N4O3/c1-29-14-4-2-3-13(10-14)24-21-20-19(16-11-23-8-7-17(16)25-20)15-6-5-12(22(27)28)9-18(15)26-21/h2-11,25H,1H3,(H,24,26)(H,27,28). The smallest absolute Gasteiger partial charge is 0.335 e. The van der Waals surface area contributed by atoms with Gasteiger partial charge in [-0.05, 0) is 30.3 Å². The number of carbonyl (C=O) groups is 1. The van der Waals surface area contributed by atoms with Crippen LogP contribution in [0.4, 0.5) is 11.5 Å². The lowest BCUT2D eigenvalue weighted by molar-refractivity contribution is 0.0697. The second-order valence-electron chi connectivity index (χ2n) is 6.65. The third-order valence-electron chi connectivity index (χ3n) is 4.92. The summed E-state index contributed by atoms with van der Waals surface area (Å²) in [6, 6.07) is 14.4. The predicted octanol–water partition coefficient (Wildman–Crippen LogP) is 4.71. The number of hydrogen-bond acceptors (Lipinski definition) is 5. The number of carboxylic acid groups (broad SMARTS) is 1. The number of ether oxygens (including phenoxy) is 1. The Morgan fingerprint density at radius 3 is 2.86 bits per heavy atom. The van der Waals surface area contributed by atoms with E-state index >= 15 is 0 Å². The highest BCUT2D eigenvalue weighted by Gasteiger charge is 2.16. The van der Waals surface area contributed by atoms with Gasteiger partial charge in [-0.25, -0.2) is 9.78 Å². The van der Waals surface area contributed by atoms with E-state index in [4.69, 9.17) is 9.72 Å².